The van der Waals surface area contributed by atoms with Gasteiger partial charge < -0.3 is 5.32 Å². The third-order valence-corrected chi connectivity index (χ3v) is 6.38. The molecule has 154 valence electrons. The maximum absolute atomic E-state index is 13.0. The number of thioether (sulfide) groups is 1. The van der Waals surface area contributed by atoms with Crippen LogP contribution >= 0.6 is 23.4 Å². The van der Waals surface area contributed by atoms with Gasteiger partial charge in [-0.15, -0.1) is 0 Å². The largest absolute Gasteiger partial charge is 0.337 e. The number of carbonyl (C=O) groups is 1. The summed E-state index contributed by atoms with van der Waals surface area (Å²) < 4.78 is 1.64. The zero-order valence-electron chi connectivity index (χ0n) is 16.9. The smallest absolute Gasteiger partial charge is 0.262 e. The second kappa shape index (κ2) is 8.76. The van der Waals surface area contributed by atoms with Gasteiger partial charge in [0.1, 0.15) is 5.54 Å². The van der Waals surface area contributed by atoms with Gasteiger partial charge >= 0.3 is 0 Å². The molecule has 0 radical (unpaired) electrons. The highest BCUT2D eigenvalue weighted by atomic mass is 35.5. The van der Waals surface area contributed by atoms with E-state index in [2.05, 4.69) is 30.2 Å². The van der Waals surface area contributed by atoms with E-state index in [0.717, 1.165) is 19.3 Å². The molecule has 0 aliphatic heterocycles. The van der Waals surface area contributed by atoms with Crippen molar-refractivity contribution in [3.63, 3.8) is 0 Å². The van der Waals surface area contributed by atoms with E-state index in [-0.39, 0.29) is 23.1 Å². The molecule has 1 aromatic carbocycles. The molecular formula is C21H25ClN4O2S. The molecule has 0 saturated heterocycles. The van der Waals surface area contributed by atoms with Crippen LogP contribution in [0.3, 0.4) is 0 Å². The number of amides is 1. The van der Waals surface area contributed by atoms with E-state index in [9.17, 15) is 14.9 Å². The summed E-state index contributed by atoms with van der Waals surface area (Å²) in [4.78, 5) is 30.1. The minimum absolute atomic E-state index is 0.0875. The normalized spacial score (nSPS) is 15.9. The van der Waals surface area contributed by atoms with Crippen LogP contribution in [0.4, 0.5) is 0 Å². The van der Waals surface area contributed by atoms with Gasteiger partial charge in [0.25, 0.3) is 5.56 Å². The number of nitrogens with one attached hydrogen (secondary N) is 1. The molecule has 1 unspecified atom stereocenters. The lowest BCUT2D eigenvalue weighted by Gasteiger charge is -2.22. The fourth-order valence-electron chi connectivity index (χ4n) is 3.21. The fraction of sp³-hybridized carbons (Fsp3) is 0.524. The van der Waals surface area contributed by atoms with E-state index < -0.39 is 5.54 Å². The predicted molar refractivity (Wildman–Crippen MR) is 116 cm³/mol. The van der Waals surface area contributed by atoms with Gasteiger partial charge in [0.15, 0.2) is 5.16 Å². The SMILES string of the molecule is CC(C)CCn1c(SCC(=O)NC(C)(C#N)C2CC2)nc2cc(Cl)ccc2c1=O. The first-order chi connectivity index (χ1) is 13.7. The lowest BCUT2D eigenvalue weighted by molar-refractivity contribution is -0.119. The first-order valence-electron chi connectivity index (χ1n) is 9.78. The van der Waals surface area contributed by atoms with E-state index in [1.807, 2.05) is 0 Å². The Morgan fingerprint density at radius 3 is 2.83 bits per heavy atom. The monoisotopic (exact) mass is 432 g/mol. The molecular weight excluding hydrogens is 408 g/mol. The van der Waals surface area contributed by atoms with Gasteiger partial charge in [-0.1, -0.05) is 37.2 Å². The average molecular weight is 433 g/mol. The molecule has 1 amide bonds. The van der Waals surface area contributed by atoms with Gasteiger partial charge in [-0.3, -0.25) is 14.2 Å². The van der Waals surface area contributed by atoms with Crippen molar-refractivity contribution in [3.05, 3.63) is 33.6 Å². The van der Waals surface area contributed by atoms with E-state index in [0.29, 0.717) is 33.5 Å². The highest BCUT2D eigenvalue weighted by Gasteiger charge is 2.42. The zero-order chi connectivity index (χ0) is 21.2. The van der Waals surface area contributed by atoms with Crippen molar-refractivity contribution in [3.8, 4) is 6.07 Å². The Kier molecular flexibility index (Phi) is 6.55. The van der Waals surface area contributed by atoms with Crippen molar-refractivity contribution < 1.29 is 4.79 Å². The van der Waals surface area contributed by atoms with Crippen LogP contribution in [0.5, 0.6) is 0 Å². The Morgan fingerprint density at radius 1 is 1.48 bits per heavy atom. The number of hydrogen-bond donors (Lipinski definition) is 1. The third kappa shape index (κ3) is 5.12. The average Bonchev–Trinajstić information content (AvgIpc) is 3.51. The van der Waals surface area contributed by atoms with Crippen molar-refractivity contribution >= 4 is 40.2 Å². The molecule has 8 heteroatoms. The van der Waals surface area contributed by atoms with Gasteiger partial charge in [-0.05, 0) is 56.2 Å². The molecule has 1 N–H and O–H groups in total. The summed E-state index contributed by atoms with van der Waals surface area (Å²) in [6.07, 6.45) is 2.74. The molecule has 6 nitrogen and oxygen atoms in total. The van der Waals surface area contributed by atoms with Gasteiger partial charge in [-0.2, -0.15) is 5.26 Å². The molecule has 1 fully saturated rings. The molecule has 0 spiro atoms. The summed E-state index contributed by atoms with van der Waals surface area (Å²) in [5.74, 6) is 0.497. The van der Waals surface area contributed by atoms with E-state index in [1.165, 1.54) is 11.8 Å². The molecule has 1 aromatic heterocycles. The van der Waals surface area contributed by atoms with E-state index in [1.54, 1.807) is 29.7 Å². The third-order valence-electron chi connectivity index (χ3n) is 5.17. The number of nitrogens with zero attached hydrogens (tertiary/aromatic N) is 3. The van der Waals surface area contributed by atoms with Crippen molar-refractivity contribution in [2.75, 3.05) is 5.75 Å². The number of nitriles is 1. The van der Waals surface area contributed by atoms with Crippen molar-refractivity contribution in [1.82, 2.24) is 14.9 Å². The van der Waals surface area contributed by atoms with Crippen LogP contribution in [-0.2, 0) is 11.3 Å². The number of fused-ring (bicyclic) bond motifs is 1. The Morgan fingerprint density at radius 2 is 2.21 bits per heavy atom. The Hall–Kier alpha value is -2.04. The highest BCUT2D eigenvalue weighted by Crippen LogP contribution is 2.39. The molecule has 1 aliphatic rings. The molecule has 1 heterocycles. The van der Waals surface area contributed by atoms with Gasteiger partial charge in [-0.25, -0.2) is 4.98 Å². The number of hydrogen-bond acceptors (Lipinski definition) is 5. The van der Waals surface area contributed by atoms with Crippen molar-refractivity contribution in [1.29, 1.82) is 5.26 Å². The molecule has 1 saturated carbocycles. The van der Waals surface area contributed by atoms with Crippen LogP contribution in [0.25, 0.3) is 10.9 Å². The second-order valence-corrected chi connectivity index (χ2v) is 9.50. The zero-order valence-corrected chi connectivity index (χ0v) is 18.4. The minimum Gasteiger partial charge on any atom is -0.337 e. The maximum Gasteiger partial charge on any atom is 0.262 e. The number of rotatable bonds is 8. The predicted octanol–water partition coefficient (Wildman–Crippen LogP) is 4.00. The summed E-state index contributed by atoms with van der Waals surface area (Å²) in [6.45, 7) is 6.49. The molecule has 0 bridgehead atoms. The van der Waals surface area contributed by atoms with Gasteiger partial charge in [0.05, 0.1) is 22.7 Å². The van der Waals surface area contributed by atoms with Crippen molar-refractivity contribution in [2.45, 2.75) is 57.3 Å². The molecule has 29 heavy (non-hydrogen) atoms. The topological polar surface area (TPSA) is 87.8 Å². The lowest BCUT2D eigenvalue weighted by Crippen LogP contribution is -2.47. The molecule has 2 aromatic rings. The first kappa shape index (κ1) is 21.7. The fourth-order valence-corrected chi connectivity index (χ4v) is 4.20. The molecule has 1 aliphatic carbocycles. The quantitative estimate of drug-likeness (QED) is 0.503. The van der Waals surface area contributed by atoms with Gasteiger partial charge in [0, 0.05) is 11.6 Å². The van der Waals surface area contributed by atoms with Crippen LogP contribution in [-0.4, -0.2) is 26.8 Å². The standard InChI is InChI=1S/C21H25ClN4O2S/c1-13(2)8-9-26-19(28)16-7-6-15(22)10-17(16)24-20(26)29-11-18(27)25-21(3,12-23)14-4-5-14/h6-7,10,13-14H,4-5,8-9,11H2,1-3H3,(H,25,27). The minimum atomic E-state index is -0.834. The van der Waals surface area contributed by atoms with Crippen molar-refractivity contribution in [2.24, 2.45) is 11.8 Å². The number of halogens is 1. The Balaban J connectivity index is 1.84. The van der Waals surface area contributed by atoms with Crippen LogP contribution in [0.15, 0.2) is 28.2 Å². The van der Waals surface area contributed by atoms with E-state index in [4.69, 9.17) is 11.6 Å². The number of benzene rings is 1. The number of carbonyl (C=O) groups excluding carboxylic acids is 1. The van der Waals surface area contributed by atoms with Crippen LogP contribution in [0.2, 0.25) is 5.02 Å². The summed E-state index contributed by atoms with van der Waals surface area (Å²) in [7, 11) is 0. The number of aromatic nitrogens is 2. The molecule has 3 rings (SSSR count). The van der Waals surface area contributed by atoms with Gasteiger partial charge in [0.2, 0.25) is 5.91 Å². The maximum atomic E-state index is 13.0. The van der Waals surface area contributed by atoms with Crippen LogP contribution in [0.1, 0.15) is 40.0 Å². The lowest BCUT2D eigenvalue weighted by atomic mass is 9.98. The summed E-state index contributed by atoms with van der Waals surface area (Å²) >= 11 is 7.28. The Bertz CT molecular complexity index is 1030. The Labute approximate surface area is 179 Å². The second-order valence-electron chi connectivity index (χ2n) is 8.12. The van der Waals surface area contributed by atoms with Crippen LogP contribution < -0.4 is 10.9 Å². The highest BCUT2D eigenvalue weighted by molar-refractivity contribution is 7.99. The van der Waals surface area contributed by atoms with Crippen LogP contribution in [0, 0.1) is 23.2 Å². The first-order valence-corrected chi connectivity index (χ1v) is 11.1. The summed E-state index contributed by atoms with van der Waals surface area (Å²) in [6, 6.07) is 7.26. The molecule has 1 atom stereocenters. The summed E-state index contributed by atoms with van der Waals surface area (Å²) in [5.41, 5.74) is -0.444. The summed E-state index contributed by atoms with van der Waals surface area (Å²) in [5, 5.41) is 13.8. The van der Waals surface area contributed by atoms with E-state index >= 15 is 0 Å².